The zero-order chi connectivity index (χ0) is 49.9. The molecule has 0 radical (unpaired) electrons. The smallest absolute Gasteiger partial charge is 0.279 e. The van der Waals surface area contributed by atoms with Gasteiger partial charge in [-0.2, -0.15) is 10.2 Å². The summed E-state index contributed by atoms with van der Waals surface area (Å²) in [6.45, 7) is 4.49. The first-order valence-corrected chi connectivity index (χ1v) is 22.2. The lowest BCUT2D eigenvalue weighted by Crippen LogP contribution is -2.17. The number of anilines is 4. The SMILES string of the molecule is CNC(=O)/C(F)=C/c1cccc(Nc2[nH]nc3nccc(Oc4ccc(C)cc4)c23)c1.CNC(=O)/C(F)=C/c1cccc(Nc2nn(Cc3ccc(OC)cc3)c3nccc(Oc4ccc(C)cc4)c23)c1. The number of aromatic nitrogens is 6. The van der Waals surface area contributed by atoms with Crippen molar-refractivity contribution in [1.82, 2.24) is 40.6 Å². The minimum atomic E-state index is -0.883. The number of rotatable bonds is 15. The molecule has 71 heavy (non-hydrogen) atoms. The molecular weight excluding hydrogens is 907 g/mol. The van der Waals surface area contributed by atoms with Gasteiger partial charge in [0.25, 0.3) is 11.8 Å². The van der Waals surface area contributed by atoms with Crippen LogP contribution < -0.4 is 35.5 Å². The van der Waals surface area contributed by atoms with Gasteiger partial charge in [-0.15, -0.1) is 0 Å². The van der Waals surface area contributed by atoms with E-state index in [1.807, 2.05) is 98.8 Å². The highest BCUT2D eigenvalue weighted by Crippen LogP contribution is 2.37. The number of hydrogen-bond donors (Lipinski definition) is 5. The molecule has 358 valence electrons. The highest BCUT2D eigenvalue weighted by molar-refractivity contribution is 5.98. The van der Waals surface area contributed by atoms with E-state index in [0.717, 1.165) is 22.4 Å². The molecule has 0 atom stereocenters. The summed E-state index contributed by atoms with van der Waals surface area (Å²) in [6.07, 6.45) is 5.67. The molecule has 0 fully saturated rings. The Morgan fingerprint density at radius 3 is 1.72 bits per heavy atom. The average Bonchev–Trinajstić information content (AvgIpc) is 3.96. The quantitative estimate of drug-likeness (QED) is 0.0617. The van der Waals surface area contributed by atoms with Gasteiger partial charge in [0.15, 0.2) is 28.8 Å². The molecule has 4 aromatic heterocycles. The highest BCUT2D eigenvalue weighted by atomic mass is 19.1. The molecule has 9 rings (SSSR count). The maximum absolute atomic E-state index is 14.2. The third kappa shape index (κ3) is 12.0. The predicted molar refractivity (Wildman–Crippen MR) is 272 cm³/mol. The van der Waals surface area contributed by atoms with Crippen molar-refractivity contribution in [2.75, 3.05) is 31.8 Å². The van der Waals surface area contributed by atoms with Crippen LogP contribution in [-0.2, 0) is 16.1 Å². The lowest BCUT2D eigenvalue weighted by Gasteiger charge is -2.10. The number of fused-ring (bicyclic) bond motifs is 2. The molecule has 0 saturated carbocycles. The fraction of sp³-hybridized carbons (Fsp3) is 0.111. The standard InChI is InChI=1S/C31H28FN5O3.C23H20FN5O2/c1-20-7-11-25(12-8-20)40-27-15-16-34-30-28(27)29(36-37(30)19-21-9-13-24(39-3)14-10-21)35-23-6-4-5-22(17-23)18-26(32)31(38)33-2;1-14-6-8-17(9-7-14)31-19-10-11-26-21-20(19)22(29-28-21)27-16-5-3-4-15(12-16)13-18(24)23(30)25-2/h4-18H,19H2,1-3H3,(H,33,38)(H,35,36);3-13H,1-2H3,(H,25,30)(H2,26,27,28,29)/b26-18-;18-13-. The van der Waals surface area contributed by atoms with E-state index in [9.17, 15) is 18.4 Å². The number of methoxy groups -OCH3 is 1. The van der Waals surface area contributed by atoms with Crippen molar-refractivity contribution in [2.45, 2.75) is 20.4 Å². The van der Waals surface area contributed by atoms with E-state index < -0.39 is 23.5 Å². The van der Waals surface area contributed by atoms with Gasteiger partial charge in [0.1, 0.15) is 45.3 Å². The number of ether oxygens (including phenoxy) is 3. The van der Waals surface area contributed by atoms with Crippen LogP contribution in [-0.4, -0.2) is 63.0 Å². The number of carbonyl (C=O) groups is 2. The number of pyridine rings is 2. The van der Waals surface area contributed by atoms with Crippen molar-refractivity contribution in [2.24, 2.45) is 0 Å². The van der Waals surface area contributed by atoms with Gasteiger partial charge in [0.05, 0.1) is 13.7 Å². The molecule has 0 aliphatic carbocycles. The molecule has 4 heterocycles. The molecule has 0 unspecified atom stereocenters. The Morgan fingerprint density at radius 2 is 1.17 bits per heavy atom. The molecule has 2 amide bonds. The van der Waals surface area contributed by atoms with Crippen molar-refractivity contribution >= 4 is 69.0 Å². The molecule has 0 aliphatic rings. The first-order chi connectivity index (χ1) is 34.5. The Balaban J connectivity index is 0.000000197. The number of amides is 2. The monoisotopic (exact) mass is 954 g/mol. The van der Waals surface area contributed by atoms with Crippen LogP contribution in [0.2, 0.25) is 0 Å². The van der Waals surface area contributed by atoms with Crippen LogP contribution in [0, 0.1) is 13.8 Å². The van der Waals surface area contributed by atoms with Crippen LogP contribution in [0.15, 0.2) is 158 Å². The maximum atomic E-state index is 14.2. The summed E-state index contributed by atoms with van der Waals surface area (Å²) >= 11 is 0. The van der Waals surface area contributed by atoms with Crippen molar-refractivity contribution < 1.29 is 32.6 Å². The fourth-order valence-corrected chi connectivity index (χ4v) is 7.17. The summed E-state index contributed by atoms with van der Waals surface area (Å²) in [4.78, 5) is 31.9. The first kappa shape index (κ1) is 48.1. The molecular formula is C54H48F2N10O5. The van der Waals surface area contributed by atoms with E-state index in [0.29, 0.717) is 85.7 Å². The van der Waals surface area contributed by atoms with Gasteiger partial charge in [-0.1, -0.05) is 71.8 Å². The molecule has 17 heteroatoms. The maximum Gasteiger partial charge on any atom is 0.279 e. The molecule has 5 N–H and O–H groups in total. The number of nitrogens with one attached hydrogen (secondary N) is 5. The zero-order valence-electron chi connectivity index (χ0n) is 39.3. The van der Waals surface area contributed by atoms with E-state index in [1.54, 1.807) is 72.7 Å². The van der Waals surface area contributed by atoms with Crippen molar-refractivity contribution in [3.8, 4) is 28.7 Å². The Hall–Kier alpha value is -9.38. The number of aromatic amines is 1. The Bertz CT molecular complexity index is 3390. The summed E-state index contributed by atoms with van der Waals surface area (Å²) < 4.78 is 47.5. The van der Waals surface area contributed by atoms with Gasteiger partial charge in [0.2, 0.25) is 0 Å². The van der Waals surface area contributed by atoms with Crippen LogP contribution in [0.5, 0.6) is 28.7 Å². The van der Waals surface area contributed by atoms with Crippen molar-refractivity contribution in [1.29, 1.82) is 0 Å². The van der Waals surface area contributed by atoms with Gasteiger partial charge < -0.3 is 35.5 Å². The Morgan fingerprint density at radius 1 is 0.648 bits per heavy atom. The van der Waals surface area contributed by atoms with Crippen LogP contribution in [0.3, 0.4) is 0 Å². The molecule has 5 aromatic carbocycles. The Labute approximate surface area is 407 Å². The molecule has 15 nitrogen and oxygen atoms in total. The summed E-state index contributed by atoms with van der Waals surface area (Å²) in [5, 5.41) is 24.5. The number of benzene rings is 5. The second-order valence-electron chi connectivity index (χ2n) is 15.9. The number of carbonyl (C=O) groups excluding carboxylic acids is 2. The van der Waals surface area contributed by atoms with Gasteiger partial charge in [-0.3, -0.25) is 14.7 Å². The number of halogens is 2. The van der Waals surface area contributed by atoms with E-state index in [4.69, 9.17) is 19.3 Å². The summed E-state index contributed by atoms with van der Waals surface area (Å²) in [7, 11) is 4.39. The fourth-order valence-electron chi connectivity index (χ4n) is 7.17. The van der Waals surface area contributed by atoms with Crippen LogP contribution in [0.1, 0.15) is 27.8 Å². The number of aryl methyl sites for hydroxylation is 2. The number of hydrogen-bond acceptors (Lipinski definition) is 11. The van der Waals surface area contributed by atoms with Gasteiger partial charge in [-0.05, 0) is 103 Å². The van der Waals surface area contributed by atoms with Crippen LogP contribution >= 0.6 is 0 Å². The largest absolute Gasteiger partial charge is 0.497 e. The topological polar surface area (TPSA) is 182 Å². The molecule has 0 spiro atoms. The molecule has 0 saturated heterocycles. The highest BCUT2D eigenvalue weighted by Gasteiger charge is 2.19. The van der Waals surface area contributed by atoms with Gasteiger partial charge >= 0.3 is 0 Å². The molecule has 0 aliphatic heterocycles. The zero-order valence-corrected chi connectivity index (χ0v) is 39.3. The van der Waals surface area contributed by atoms with Gasteiger partial charge in [0, 0.05) is 50.0 Å². The second-order valence-corrected chi connectivity index (χ2v) is 15.9. The summed E-state index contributed by atoms with van der Waals surface area (Å²) in [5.74, 6) is 1.11. The lowest BCUT2D eigenvalue weighted by atomic mass is 10.1. The first-order valence-electron chi connectivity index (χ1n) is 22.2. The van der Waals surface area contributed by atoms with Gasteiger partial charge in [-0.25, -0.2) is 23.4 Å². The van der Waals surface area contributed by atoms with E-state index in [-0.39, 0.29) is 0 Å². The number of H-pyrrole nitrogens is 1. The lowest BCUT2D eigenvalue weighted by molar-refractivity contribution is -0.119. The summed E-state index contributed by atoms with van der Waals surface area (Å²) in [6, 6.07) is 40.9. The predicted octanol–water partition coefficient (Wildman–Crippen LogP) is 11.2. The number of nitrogens with zero attached hydrogens (tertiary/aromatic N) is 5. The number of likely N-dealkylation sites (N-methyl/N-ethyl adjacent to an activating group) is 2. The van der Waals surface area contributed by atoms with Crippen LogP contribution in [0.25, 0.3) is 34.2 Å². The van der Waals surface area contributed by atoms with Crippen molar-refractivity contribution in [3.63, 3.8) is 0 Å². The van der Waals surface area contributed by atoms with Crippen molar-refractivity contribution in [3.05, 3.63) is 185 Å². The van der Waals surface area contributed by atoms with E-state index in [1.165, 1.54) is 26.2 Å². The minimum absolute atomic E-state index is 0.462. The second kappa shape index (κ2) is 22.2. The molecule has 0 bridgehead atoms. The van der Waals surface area contributed by atoms with E-state index in [2.05, 4.69) is 41.4 Å². The third-order valence-electron chi connectivity index (χ3n) is 10.8. The minimum Gasteiger partial charge on any atom is -0.497 e. The average molecular weight is 955 g/mol. The third-order valence-corrected chi connectivity index (χ3v) is 10.8. The van der Waals surface area contributed by atoms with E-state index >= 15 is 0 Å². The Kier molecular flexibility index (Phi) is 15.0. The normalized spacial score (nSPS) is 11.4. The van der Waals surface area contributed by atoms with Crippen LogP contribution in [0.4, 0.5) is 31.8 Å². The summed E-state index contributed by atoms with van der Waals surface area (Å²) in [5.41, 5.74) is 6.78. The molecule has 9 aromatic rings.